The Morgan fingerprint density at radius 1 is 1.05 bits per heavy atom. The Balaban J connectivity index is 1.90. The van der Waals surface area contributed by atoms with Crippen molar-refractivity contribution in [2.45, 2.75) is 32.1 Å². The summed E-state index contributed by atoms with van der Waals surface area (Å²) in [5, 5.41) is 11.9. The fraction of sp³-hybridized carbons (Fsp3) is 0.389. The second kappa shape index (κ2) is 5.66. The number of fused-ring (bicyclic) bond motifs is 1. The third kappa shape index (κ3) is 2.55. The number of carbonyl (C=O) groups is 1. The van der Waals surface area contributed by atoms with Gasteiger partial charge in [0.15, 0.2) is 0 Å². The van der Waals surface area contributed by atoms with E-state index in [1.807, 2.05) is 6.07 Å². The molecule has 1 aliphatic rings. The Morgan fingerprint density at radius 2 is 1.80 bits per heavy atom. The summed E-state index contributed by atoms with van der Waals surface area (Å²) in [6.07, 6.45) is 4.99. The van der Waals surface area contributed by atoms with Gasteiger partial charge in [-0.1, -0.05) is 55.3 Å². The van der Waals surface area contributed by atoms with Gasteiger partial charge in [-0.25, -0.2) is 0 Å². The highest BCUT2D eigenvalue weighted by Gasteiger charge is 2.30. The largest absolute Gasteiger partial charge is 0.481 e. The lowest BCUT2D eigenvalue weighted by Crippen LogP contribution is -2.28. The van der Waals surface area contributed by atoms with Crippen LogP contribution in [0.1, 0.15) is 31.2 Å². The molecule has 0 radical (unpaired) electrons. The Kier molecular flexibility index (Phi) is 3.72. The van der Waals surface area contributed by atoms with E-state index in [0.29, 0.717) is 0 Å². The lowest BCUT2D eigenvalue weighted by molar-refractivity contribution is -0.144. The molecule has 20 heavy (non-hydrogen) atoms. The van der Waals surface area contributed by atoms with Crippen LogP contribution < -0.4 is 0 Å². The summed E-state index contributed by atoms with van der Waals surface area (Å²) in [6.45, 7) is 0. The highest BCUT2D eigenvalue weighted by Crippen LogP contribution is 2.34. The van der Waals surface area contributed by atoms with E-state index in [-0.39, 0.29) is 11.8 Å². The van der Waals surface area contributed by atoms with Crippen LogP contribution in [-0.2, 0) is 11.2 Å². The molecule has 1 saturated carbocycles. The standard InChI is InChI=1S/C18H20O2/c19-18(20)17-11-4-2-7-15(17)12-14-9-5-8-13-6-1-3-10-16(13)14/h1,3,5-6,8-10,15,17H,2,4,7,11-12H2,(H,19,20). The molecule has 2 unspecified atom stereocenters. The summed E-state index contributed by atoms with van der Waals surface area (Å²) in [6, 6.07) is 14.7. The molecule has 0 saturated heterocycles. The number of carboxylic acids is 1. The van der Waals surface area contributed by atoms with Crippen molar-refractivity contribution in [3.05, 3.63) is 48.0 Å². The van der Waals surface area contributed by atoms with Gasteiger partial charge in [0.1, 0.15) is 0 Å². The Morgan fingerprint density at radius 3 is 2.65 bits per heavy atom. The van der Waals surface area contributed by atoms with E-state index in [0.717, 1.165) is 25.7 Å². The van der Waals surface area contributed by atoms with Crippen molar-refractivity contribution in [2.24, 2.45) is 11.8 Å². The predicted molar refractivity (Wildman–Crippen MR) is 80.7 cm³/mol. The molecule has 0 bridgehead atoms. The van der Waals surface area contributed by atoms with Gasteiger partial charge in [-0.2, -0.15) is 0 Å². The number of hydrogen-bond donors (Lipinski definition) is 1. The van der Waals surface area contributed by atoms with Crippen LogP contribution in [0.4, 0.5) is 0 Å². The number of rotatable bonds is 3. The second-order valence-electron chi connectivity index (χ2n) is 5.83. The van der Waals surface area contributed by atoms with Crippen LogP contribution >= 0.6 is 0 Å². The molecule has 0 aliphatic heterocycles. The maximum absolute atomic E-state index is 11.4. The lowest BCUT2D eigenvalue weighted by Gasteiger charge is -2.28. The van der Waals surface area contributed by atoms with Crippen molar-refractivity contribution in [2.75, 3.05) is 0 Å². The monoisotopic (exact) mass is 268 g/mol. The first-order valence-electron chi connectivity index (χ1n) is 7.45. The number of aliphatic carboxylic acids is 1. The molecule has 1 N–H and O–H groups in total. The van der Waals surface area contributed by atoms with E-state index in [1.54, 1.807) is 0 Å². The van der Waals surface area contributed by atoms with Crippen molar-refractivity contribution in [3.63, 3.8) is 0 Å². The molecule has 104 valence electrons. The Hall–Kier alpha value is -1.83. The van der Waals surface area contributed by atoms with Gasteiger partial charge >= 0.3 is 5.97 Å². The van der Waals surface area contributed by atoms with Crippen LogP contribution in [0.25, 0.3) is 10.8 Å². The fourth-order valence-corrected chi connectivity index (χ4v) is 3.53. The van der Waals surface area contributed by atoms with Crippen molar-refractivity contribution in [1.29, 1.82) is 0 Å². The normalized spacial score (nSPS) is 22.8. The first-order valence-corrected chi connectivity index (χ1v) is 7.45. The zero-order valence-electron chi connectivity index (χ0n) is 11.6. The molecule has 1 aliphatic carbocycles. The zero-order valence-corrected chi connectivity index (χ0v) is 11.6. The van der Waals surface area contributed by atoms with Crippen molar-refractivity contribution < 1.29 is 9.90 Å². The number of benzene rings is 2. The molecule has 2 heteroatoms. The van der Waals surface area contributed by atoms with Gasteiger partial charge < -0.3 is 5.11 Å². The molecule has 2 aromatic rings. The van der Waals surface area contributed by atoms with Crippen LogP contribution in [0.3, 0.4) is 0 Å². The lowest BCUT2D eigenvalue weighted by atomic mass is 9.76. The van der Waals surface area contributed by atoms with Crippen LogP contribution in [0, 0.1) is 11.8 Å². The van der Waals surface area contributed by atoms with E-state index in [2.05, 4.69) is 36.4 Å². The van der Waals surface area contributed by atoms with Gasteiger partial charge in [-0.3, -0.25) is 4.79 Å². The van der Waals surface area contributed by atoms with Crippen LogP contribution in [0.2, 0.25) is 0 Å². The second-order valence-corrected chi connectivity index (χ2v) is 5.83. The number of carboxylic acid groups (broad SMARTS) is 1. The van der Waals surface area contributed by atoms with Gasteiger partial charge in [-0.15, -0.1) is 0 Å². The van der Waals surface area contributed by atoms with Gasteiger partial charge in [0, 0.05) is 0 Å². The minimum absolute atomic E-state index is 0.164. The highest BCUT2D eigenvalue weighted by atomic mass is 16.4. The van der Waals surface area contributed by atoms with Gasteiger partial charge in [-0.05, 0) is 41.5 Å². The van der Waals surface area contributed by atoms with Gasteiger partial charge in [0.2, 0.25) is 0 Å². The van der Waals surface area contributed by atoms with Crippen LogP contribution in [0.5, 0.6) is 0 Å². The van der Waals surface area contributed by atoms with Crippen molar-refractivity contribution >= 4 is 16.7 Å². The third-order valence-corrected chi connectivity index (χ3v) is 4.59. The van der Waals surface area contributed by atoms with Gasteiger partial charge in [0.25, 0.3) is 0 Å². The van der Waals surface area contributed by atoms with Crippen molar-refractivity contribution in [1.82, 2.24) is 0 Å². The fourth-order valence-electron chi connectivity index (χ4n) is 3.53. The Bertz CT molecular complexity index is 612. The highest BCUT2D eigenvalue weighted by molar-refractivity contribution is 5.85. The van der Waals surface area contributed by atoms with E-state index >= 15 is 0 Å². The summed E-state index contributed by atoms with van der Waals surface area (Å²) >= 11 is 0. The topological polar surface area (TPSA) is 37.3 Å². The molecule has 2 nitrogen and oxygen atoms in total. The summed E-state index contributed by atoms with van der Waals surface area (Å²) in [5.74, 6) is -0.496. The molecule has 2 aromatic carbocycles. The first kappa shape index (κ1) is 13.2. The third-order valence-electron chi connectivity index (χ3n) is 4.59. The first-order chi connectivity index (χ1) is 9.75. The minimum atomic E-state index is -0.616. The molecule has 3 rings (SSSR count). The molecule has 1 fully saturated rings. The van der Waals surface area contributed by atoms with E-state index < -0.39 is 5.97 Å². The molecular formula is C18H20O2. The summed E-state index contributed by atoms with van der Waals surface area (Å²) in [7, 11) is 0. The average Bonchev–Trinajstić information content (AvgIpc) is 2.48. The number of hydrogen-bond acceptors (Lipinski definition) is 1. The average molecular weight is 268 g/mol. The van der Waals surface area contributed by atoms with Crippen LogP contribution in [0.15, 0.2) is 42.5 Å². The van der Waals surface area contributed by atoms with Gasteiger partial charge in [0.05, 0.1) is 5.92 Å². The maximum atomic E-state index is 11.4. The quantitative estimate of drug-likeness (QED) is 0.902. The smallest absolute Gasteiger partial charge is 0.306 e. The maximum Gasteiger partial charge on any atom is 0.306 e. The van der Waals surface area contributed by atoms with E-state index in [1.165, 1.54) is 22.8 Å². The predicted octanol–water partition coefficient (Wildman–Crippen LogP) is 4.27. The summed E-state index contributed by atoms with van der Waals surface area (Å²) in [5.41, 5.74) is 1.29. The van der Waals surface area contributed by atoms with E-state index in [4.69, 9.17) is 0 Å². The van der Waals surface area contributed by atoms with Crippen molar-refractivity contribution in [3.8, 4) is 0 Å². The minimum Gasteiger partial charge on any atom is -0.481 e. The van der Waals surface area contributed by atoms with E-state index in [9.17, 15) is 9.90 Å². The SMILES string of the molecule is O=C(O)C1CCCCC1Cc1cccc2ccccc12. The molecule has 0 amide bonds. The molecule has 0 spiro atoms. The molecule has 0 aromatic heterocycles. The Labute approximate surface area is 119 Å². The molecule has 0 heterocycles. The molecular weight excluding hydrogens is 248 g/mol. The van der Waals surface area contributed by atoms with Crippen LogP contribution in [-0.4, -0.2) is 11.1 Å². The zero-order chi connectivity index (χ0) is 13.9. The summed E-state index contributed by atoms with van der Waals surface area (Å²) < 4.78 is 0. The molecule has 2 atom stereocenters. The summed E-state index contributed by atoms with van der Waals surface area (Å²) in [4.78, 5) is 11.4.